The van der Waals surface area contributed by atoms with Gasteiger partial charge >= 0.3 is 5.97 Å². The molecule has 0 aromatic carbocycles. The molecule has 3 nitrogen and oxygen atoms in total. The molecule has 0 N–H and O–H groups in total. The zero-order chi connectivity index (χ0) is 14.3. The van der Waals surface area contributed by atoms with Crippen molar-refractivity contribution in [3.05, 3.63) is 0 Å². The third-order valence-electron chi connectivity index (χ3n) is 2.93. The van der Waals surface area contributed by atoms with Gasteiger partial charge < -0.3 is 4.74 Å². The lowest BCUT2D eigenvalue weighted by Gasteiger charge is -2.33. The van der Waals surface area contributed by atoms with Crippen molar-refractivity contribution in [3.63, 3.8) is 0 Å². The van der Waals surface area contributed by atoms with Crippen LogP contribution in [0, 0.1) is 0 Å². The molecule has 0 aliphatic carbocycles. The molecule has 3 heteroatoms. The summed E-state index contributed by atoms with van der Waals surface area (Å²) in [4.78, 5) is 14.3. The fourth-order valence-electron chi connectivity index (χ4n) is 1.97. The Hall–Kier alpha value is -0.570. The van der Waals surface area contributed by atoms with Crippen LogP contribution in [0.4, 0.5) is 0 Å². The van der Waals surface area contributed by atoms with Gasteiger partial charge in [-0.25, -0.2) is 0 Å². The molecule has 1 unspecified atom stereocenters. The number of nitrogens with zero attached hydrogens (tertiary/aromatic N) is 1. The fourth-order valence-corrected chi connectivity index (χ4v) is 1.97. The molecular weight excluding hydrogens is 226 g/mol. The molecule has 0 saturated carbocycles. The minimum Gasteiger partial charge on any atom is -0.459 e. The second kappa shape index (κ2) is 7.78. The Morgan fingerprint density at radius 2 is 1.72 bits per heavy atom. The number of esters is 1. The highest BCUT2D eigenvalue weighted by atomic mass is 16.6. The molecule has 0 rings (SSSR count). The summed E-state index contributed by atoms with van der Waals surface area (Å²) in [5.74, 6) is -0.118. The van der Waals surface area contributed by atoms with Gasteiger partial charge in [0.2, 0.25) is 0 Å². The van der Waals surface area contributed by atoms with Crippen molar-refractivity contribution in [2.75, 3.05) is 6.54 Å². The first-order chi connectivity index (χ1) is 8.19. The van der Waals surface area contributed by atoms with Crippen molar-refractivity contribution in [2.45, 2.75) is 85.4 Å². The highest BCUT2D eigenvalue weighted by Crippen LogP contribution is 2.14. The molecule has 0 fully saturated rings. The van der Waals surface area contributed by atoms with E-state index in [-0.39, 0.29) is 12.0 Å². The quantitative estimate of drug-likeness (QED) is 0.515. The van der Waals surface area contributed by atoms with Crippen LogP contribution in [0.15, 0.2) is 0 Å². The largest absolute Gasteiger partial charge is 0.459 e. The predicted molar refractivity (Wildman–Crippen MR) is 76.7 cm³/mol. The number of ether oxygens (including phenoxy) is 1. The number of carbonyl (C=O) groups excluding carboxylic acids is 1. The minimum absolute atomic E-state index is 0.118. The van der Waals surface area contributed by atoms with Crippen molar-refractivity contribution in [3.8, 4) is 0 Å². The summed E-state index contributed by atoms with van der Waals surface area (Å²) in [6, 6.07) is 0.199. The maximum Gasteiger partial charge on any atom is 0.323 e. The number of hydrogen-bond donors (Lipinski definition) is 0. The van der Waals surface area contributed by atoms with Gasteiger partial charge in [0, 0.05) is 6.04 Å². The third-order valence-corrected chi connectivity index (χ3v) is 2.93. The number of unbranched alkanes of at least 4 members (excludes halogenated alkanes) is 2. The Morgan fingerprint density at radius 1 is 1.17 bits per heavy atom. The van der Waals surface area contributed by atoms with E-state index in [0.29, 0.717) is 6.04 Å². The first kappa shape index (κ1) is 17.4. The second-order valence-electron chi connectivity index (χ2n) is 6.25. The van der Waals surface area contributed by atoms with E-state index >= 15 is 0 Å². The van der Waals surface area contributed by atoms with E-state index in [9.17, 15) is 4.79 Å². The number of carbonyl (C=O) groups is 1. The smallest absolute Gasteiger partial charge is 0.323 e. The first-order valence-electron chi connectivity index (χ1n) is 7.17. The fraction of sp³-hybridized carbons (Fsp3) is 0.933. The van der Waals surface area contributed by atoms with Crippen LogP contribution in [0.1, 0.15) is 67.7 Å². The van der Waals surface area contributed by atoms with Crippen LogP contribution in [0.25, 0.3) is 0 Å². The van der Waals surface area contributed by atoms with Crippen LogP contribution in [-0.4, -0.2) is 35.1 Å². The van der Waals surface area contributed by atoms with E-state index < -0.39 is 5.60 Å². The summed E-state index contributed by atoms with van der Waals surface area (Å²) in [7, 11) is 0. The average Bonchev–Trinajstić information content (AvgIpc) is 2.20. The molecule has 0 spiro atoms. The van der Waals surface area contributed by atoms with Crippen LogP contribution < -0.4 is 0 Å². The average molecular weight is 257 g/mol. The van der Waals surface area contributed by atoms with E-state index in [1.54, 1.807) is 0 Å². The van der Waals surface area contributed by atoms with Gasteiger partial charge in [-0.1, -0.05) is 19.8 Å². The molecule has 1 atom stereocenters. The van der Waals surface area contributed by atoms with Gasteiger partial charge in [-0.3, -0.25) is 9.69 Å². The van der Waals surface area contributed by atoms with Gasteiger partial charge in [-0.15, -0.1) is 0 Å². The lowest BCUT2D eigenvalue weighted by molar-refractivity contribution is -0.161. The maximum atomic E-state index is 12.1. The first-order valence-corrected chi connectivity index (χ1v) is 7.17. The molecule has 0 aromatic heterocycles. The van der Waals surface area contributed by atoms with E-state index in [1.165, 1.54) is 12.8 Å². The monoisotopic (exact) mass is 257 g/mol. The summed E-state index contributed by atoms with van der Waals surface area (Å²) in [6.07, 6.45) is 3.55. The van der Waals surface area contributed by atoms with E-state index in [2.05, 4.69) is 25.7 Å². The topological polar surface area (TPSA) is 29.5 Å². The summed E-state index contributed by atoms with van der Waals surface area (Å²) < 4.78 is 5.46. The van der Waals surface area contributed by atoms with Crippen LogP contribution in [0.3, 0.4) is 0 Å². The molecule has 0 radical (unpaired) electrons. The summed E-state index contributed by atoms with van der Waals surface area (Å²) >= 11 is 0. The molecule has 0 aromatic rings. The summed E-state index contributed by atoms with van der Waals surface area (Å²) in [5.41, 5.74) is -0.405. The van der Waals surface area contributed by atoms with Crippen molar-refractivity contribution >= 4 is 5.97 Å². The molecule has 0 aliphatic heterocycles. The Balaban J connectivity index is 4.46. The van der Waals surface area contributed by atoms with Gasteiger partial charge in [-0.05, 0) is 54.5 Å². The Bertz CT molecular complexity index is 243. The standard InChI is InChI=1S/C15H31NO2/c1-8-9-10-11-16(12(2)3)13(4)14(17)18-15(5,6)7/h12-13H,8-11H2,1-7H3. The molecule has 0 aliphatic rings. The van der Waals surface area contributed by atoms with Crippen LogP contribution in [-0.2, 0) is 9.53 Å². The zero-order valence-corrected chi connectivity index (χ0v) is 13.2. The van der Waals surface area contributed by atoms with Crippen molar-refractivity contribution in [2.24, 2.45) is 0 Å². The summed E-state index contributed by atoms with van der Waals surface area (Å²) in [6.45, 7) is 15.1. The lowest BCUT2D eigenvalue weighted by atomic mass is 10.1. The van der Waals surface area contributed by atoms with E-state index in [1.807, 2.05) is 27.7 Å². The molecule has 18 heavy (non-hydrogen) atoms. The predicted octanol–water partition coefficient (Wildman–Crippen LogP) is 3.62. The Morgan fingerprint density at radius 3 is 2.11 bits per heavy atom. The van der Waals surface area contributed by atoms with Gasteiger partial charge in [0.1, 0.15) is 11.6 Å². The molecule has 0 saturated heterocycles. The second-order valence-corrected chi connectivity index (χ2v) is 6.25. The van der Waals surface area contributed by atoms with Crippen molar-refractivity contribution in [1.29, 1.82) is 0 Å². The molecule has 0 amide bonds. The molecule has 0 heterocycles. The Kier molecular flexibility index (Phi) is 7.53. The highest BCUT2D eigenvalue weighted by Gasteiger charge is 2.27. The molecular formula is C15H31NO2. The Labute approximate surface area is 113 Å². The van der Waals surface area contributed by atoms with Gasteiger partial charge in [-0.2, -0.15) is 0 Å². The van der Waals surface area contributed by atoms with E-state index in [0.717, 1.165) is 13.0 Å². The van der Waals surface area contributed by atoms with Crippen LogP contribution in [0.5, 0.6) is 0 Å². The van der Waals surface area contributed by atoms with Crippen molar-refractivity contribution < 1.29 is 9.53 Å². The van der Waals surface area contributed by atoms with Crippen LogP contribution in [0.2, 0.25) is 0 Å². The number of rotatable bonds is 7. The van der Waals surface area contributed by atoms with Gasteiger partial charge in [0.25, 0.3) is 0 Å². The highest BCUT2D eigenvalue weighted by molar-refractivity contribution is 5.75. The minimum atomic E-state index is -0.405. The molecule has 0 bridgehead atoms. The maximum absolute atomic E-state index is 12.1. The normalized spacial score (nSPS) is 14.1. The molecule has 108 valence electrons. The SMILES string of the molecule is CCCCCN(C(C)C)C(C)C(=O)OC(C)(C)C. The zero-order valence-electron chi connectivity index (χ0n) is 13.2. The van der Waals surface area contributed by atoms with E-state index in [4.69, 9.17) is 4.74 Å². The lowest BCUT2D eigenvalue weighted by Crippen LogP contribution is -2.46. The third kappa shape index (κ3) is 7.00. The van der Waals surface area contributed by atoms with Gasteiger partial charge in [0.05, 0.1) is 0 Å². The summed E-state index contributed by atoms with van der Waals surface area (Å²) in [5, 5.41) is 0. The van der Waals surface area contributed by atoms with Gasteiger partial charge in [0.15, 0.2) is 0 Å². The van der Waals surface area contributed by atoms with Crippen LogP contribution >= 0.6 is 0 Å². The number of hydrogen-bond acceptors (Lipinski definition) is 3. The van der Waals surface area contributed by atoms with Crippen molar-refractivity contribution in [1.82, 2.24) is 4.90 Å².